The number of hydrogen-bond acceptors (Lipinski definition) is 4. The number of carbonyl (C=O) groups is 2. The molecule has 3 unspecified atom stereocenters. The molecular weight excluding hydrogens is 428 g/mol. The van der Waals surface area contributed by atoms with Gasteiger partial charge in [0, 0.05) is 31.7 Å². The second kappa shape index (κ2) is 11.5. The zero-order valence-corrected chi connectivity index (χ0v) is 20.2. The molecule has 2 aromatic carbocycles. The molecule has 3 amide bonds. The third kappa shape index (κ3) is 6.36. The van der Waals surface area contributed by atoms with Crippen LogP contribution in [0.3, 0.4) is 0 Å². The molecular formula is C27H36N4O3. The van der Waals surface area contributed by atoms with Crippen LogP contribution in [0.4, 0.5) is 4.79 Å². The maximum atomic E-state index is 12.8. The van der Waals surface area contributed by atoms with E-state index in [4.69, 9.17) is 4.74 Å². The largest absolute Gasteiger partial charge is 0.372 e. The molecule has 4 rings (SSSR count). The Balaban J connectivity index is 1.27. The first-order chi connectivity index (χ1) is 16.5. The van der Waals surface area contributed by atoms with Crippen molar-refractivity contribution in [2.24, 2.45) is 0 Å². The summed E-state index contributed by atoms with van der Waals surface area (Å²) in [4.78, 5) is 29.6. The van der Waals surface area contributed by atoms with Crippen molar-refractivity contribution in [1.29, 1.82) is 0 Å². The summed E-state index contributed by atoms with van der Waals surface area (Å²) in [7, 11) is 0. The maximum absolute atomic E-state index is 12.8. The standard InChI is InChI=1S/C27H36N4O3/c1-20-18-31(19-21(2)34-20)26(32)24-12-10-22(11-13-24)16-28-27(33)29-17-25(30-14-6-7-15-30)23-8-4-3-5-9-23/h3-5,8-13,20-21,25H,6-7,14-19H2,1-2H3,(H2,28,29,33). The third-order valence-electron chi connectivity index (χ3n) is 6.58. The molecule has 2 N–H and O–H groups in total. The summed E-state index contributed by atoms with van der Waals surface area (Å²) in [6.07, 6.45) is 2.50. The second-order valence-corrected chi connectivity index (χ2v) is 9.40. The lowest BCUT2D eigenvalue weighted by Crippen LogP contribution is -2.48. The number of morpholine rings is 1. The molecule has 2 aliphatic rings. The normalized spacial score (nSPS) is 21.8. The van der Waals surface area contributed by atoms with E-state index in [0.29, 0.717) is 31.7 Å². The highest BCUT2D eigenvalue weighted by atomic mass is 16.5. The first-order valence-electron chi connectivity index (χ1n) is 12.3. The molecule has 7 heteroatoms. The van der Waals surface area contributed by atoms with Gasteiger partial charge in [0.15, 0.2) is 0 Å². The molecule has 2 heterocycles. The van der Waals surface area contributed by atoms with Gasteiger partial charge in [0.05, 0.1) is 18.2 Å². The van der Waals surface area contributed by atoms with Crippen molar-refractivity contribution in [1.82, 2.24) is 20.4 Å². The van der Waals surface area contributed by atoms with Gasteiger partial charge in [0.2, 0.25) is 0 Å². The van der Waals surface area contributed by atoms with E-state index in [1.807, 2.05) is 61.2 Å². The lowest BCUT2D eigenvalue weighted by atomic mass is 10.1. The first kappa shape index (κ1) is 24.2. The Hall–Kier alpha value is -2.90. The molecule has 2 aliphatic heterocycles. The zero-order chi connectivity index (χ0) is 23.9. The average Bonchev–Trinajstić information content (AvgIpc) is 3.37. The van der Waals surface area contributed by atoms with Crippen LogP contribution in [0.15, 0.2) is 54.6 Å². The molecule has 2 aromatic rings. The van der Waals surface area contributed by atoms with Crippen molar-refractivity contribution in [3.63, 3.8) is 0 Å². The van der Waals surface area contributed by atoms with E-state index < -0.39 is 0 Å². The molecule has 0 spiro atoms. The summed E-state index contributed by atoms with van der Waals surface area (Å²) in [5, 5.41) is 5.98. The maximum Gasteiger partial charge on any atom is 0.315 e. The van der Waals surface area contributed by atoms with Gasteiger partial charge in [-0.1, -0.05) is 42.5 Å². The Bertz CT molecular complexity index is 934. The number of carbonyl (C=O) groups excluding carboxylic acids is 2. The Morgan fingerprint density at radius 2 is 1.59 bits per heavy atom. The van der Waals surface area contributed by atoms with Gasteiger partial charge in [-0.15, -0.1) is 0 Å². The predicted octanol–water partition coefficient (Wildman–Crippen LogP) is 3.57. The summed E-state index contributed by atoms with van der Waals surface area (Å²) in [6, 6.07) is 17.8. The number of benzene rings is 2. The van der Waals surface area contributed by atoms with Gasteiger partial charge in [-0.2, -0.15) is 0 Å². The van der Waals surface area contributed by atoms with Crippen LogP contribution in [-0.2, 0) is 11.3 Å². The van der Waals surface area contributed by atoms with Crippen LogP contribution in [-0.4, -0.2) is 66.7 Å². The number of urea groups is 1. The lowest BCUT2D eigenvalue weighted by Gasteiger charge is -2.35. The van der Waals surface area contributed by atoms with E-state index in [0.717, 1.165) is 18.7 Å². The molecule has 34 heavy (non-hydrogen) atoms. The summed E-state index contributed by atoms with van der Waals surface area (Å²) in [5.74, 6) is 0.0214. The molecule has 2 saturated heterocycles. The molecule has 0 saturated carbocycles. The van der Waals surface area contributed by atoms with Crippen LogP contribution in [0.2, 0.25) is 0 Å². The number of nitrogens with zero attached hydrogens (tertiary/aromatic N) is 2. The summed E-state index contributed by atoms with van der Waals surface area (Å²) in [5.41, 5.74) is 2.84. The Morgan fingerprint density at radius 3 is 2.24 bits per heavy atom. The van der Waals surface area contributed by atoms with Crippen LogP contribution in [0.1, 0.15) is 54.2 Å². The van der Waals surface area contributed by atoms with E-state index in [2.05, 4.69) is 27.7 Å². The Kier molecular flexibility index (Phi) is 8.19. The number of ether oxygens (including phenoxy) is 1. The smallest absolute Gasteiger partial charge is 0.315 e. The van der Waals surface area contributed by atoms with Crippen LogP contribution < -0.4 is 10.6 Å². The minimum Gasteiger partial charge on any atom is -0.372 e. The monoisotopic (exact) mass is 464 g/mol. The third-order valence-corrected chi connectivity index (χ3v) is 6.58. The van der Waals surface area contributed by atoms with Crippen molar-refractivity contribution in [3.05, 3.63) is 71.3 Å². The highest BCUT2D eigenvalue weighted by Crippen LogP contribution is 2.24. The number of hydrogen-bond donors (Lipinski definition) is 2. The average molecular weight is 465 g/mol. The van der Waals surface area contributed by atoms with Crippen molar-refractivity contribution in [2.75, 3.05) is 32.7 Å². The summed E-state index contributed by atoms with van der Waals surface area (Å²) < 4.78 is 5.72. The predicted molar refractivity (Wildman–Crippen MR) is 133 cm³/mol. The SMILES string of the molecule is CC1CN(C(=O)c2ccc(CNC(=O)NCC(c3ccccc3)N3CCCC3)cc2)CC(C)O1. The number of likely N-dealkylation sites (tertiary alicyclic amines) is 1. The van der Waals surface area contributed by atoms with Gasteiger partial charge in [0.1, 0.15) is 0 Å². The van der Waals surface area contributed by atoms with Crippen LogP contribution in [0.25, 0.3) is 0 Å². The lowest BCUT2D eigenvalue weighted by molar-refractivity contribution is -0.0586. The van der Waals surface area contributed by atoms with Gasteiger partial charge in [-0.25, -0.2) is 4.79 Å². The van der Waals surface area contributed by atoms with Gasteiger partial charge in [-0.05, 0) is 63.0 Å². The Morgan fingerprint density at radius 1 is 0.941 bits per heavy atom. The molecule has 2 fully saturated rings. The molecule has 0 bridgehead atoms. The Labute approximate surface area is 202 Å². The van der Waals surface area contributed by atoms with E-state index in [-0.39, 0.29) is 30.2 Å². The fourth-order valence-corrected chi connectivity index (χ4v) is 4.91. The highest BCUT2D eigenvalue weighted by Gasteiger charge is 2.27. The van der Waals surface area contributed by atoms with Crippen molar-refractivity contribution < 1.29 is 14.3 Å². The van der Waals surface area contributed by atoms with Crippen LogP contribution >= 0.6 is 0 Å². The molecule has 0 aromatic heterocycles. The number of amides is 3. The molecule has 3 atom stereocenters. The summed E-state index contributed by atoms with van der Waals surface area (Å²) >= 11 is 0. The van der Waals surface area contributed by atoms with Gasteiger partial charge in [-0.3, -0.25) is 9.69 Å². The van der Waals surface area contributed by atoms with Gasteiger partial charge < -0.3 is 20.3 Å². The van der Waals surface area contributed by atoms with Crippen LogP contribution in [0.5, 0.6) is 0 Å². The first-order valence-corrected chi connectivity index (χ1v) is 12.3. The van der Waals surface area contributed by atoms with Crippen molar-refractivity contribution in [3.8, 4) is 0 Å². The summed E-state index contributed by atoms with van der Waals surface area (Å²) in [6.45, 7) is 8.30. The fraction of sp³-hybridized carbons (Fsp3) is 0.481. The van der Waals surface area contributed by atoms with Gasteiger partial charge in [0.25, 0.3) is 5.91 Å². The second-order valence-electron chi connectivity index (χ2n) is 9.40. The van der Waals surface area contributed by atoms with E-state index >= 15 is 0 Å². The number of rotatable bonds is 7. The van der Waals surface area contributed by atoms with Gasteiger partial charge >= 0.3 is 6.03 Å². The topological polar surface area (TPSA) is 73.9 Å². The van der Waals surface area contributed by atoms with E-state index in [1.54, 1.807) is 0 Å². The number of nitrogens with one attached hydrogen (secondary N) is 2. The minimum absolute atomic E-state index is 0.0214. The zero-order valence-electron chi connectivity index (χ0n) is 20.2. The molecule has 0 radical (unpaired) electrons. The van der Waals surface area contributed by atoms with E-state index in [1.165, 1.54) is 18.4 Å². The van der Waals surface area contributed by atoms with E-state index in [9.17, 15) is 9.59 Å². The van der Waals surface area contributed by atoms with Crippen molar-refractivity contribution in [2.45, 2.75) is 51.5 Å². The highest BCUT2D eigenvalue weighted by molar-refractivity contribution is 5.94. The molecule has 0 aliphatic carbocycles. The van der Waals surface area contributed by atoms with Crippen molar-refractivity contribution >= 4 is 11.9 Å². The quantitative estimate of drug-likeness (QED) is 0.657. The van der Waals surface area contributed by atoms with Crippen LogP contribution in [0, 0.1) is 0 Å². The molecule has 182 valence electrons. The minimum atomic E-state index is -0.184. The molecule has 7 nitrogen and oxygen atoms in total. The fourth-order valence-electron chi connectivity index (χ4n) is 4.91.